The number of ether oxygens (including phenoxy) is 4. The first-order valence-corrected chi connectivity index (χ1v) is 10.1. The molecule has 0 spiro atoms. The molecule has 7 nitrogen and oxygen atoms in total. The minimum atomic E-state index is -1.74. The largest absolute Gasteiger partial charge is 0.387 e. The molecule has 4 atom stereocenters. The predicted molar refractivity (Wildman–Crippen MR) is 112 cm³/mol. The number of aliphatic hydroxyl groups excluding tert-OH is 2. The minimum Gasteiger partial charge on any atom is -0.387 e. The van der Waals surface area contributed by atoms with E-state index in [4.69, 9.17) is 18.9 Å². The van der Waals surface area contributed by atoms with Crippen molar-refractivity contribution < 1.29 is 33.6 Å². The maximum absolute atomic E-state index is 13.6. The van der Waals surface area contributed by atoms with Crippen LogP contribution in [0.5, 0.6) is 0 Å². The first-order chi connectivity index (χ1) is 15.6. The monoisotopic (exact) mass is 443 g/mol. The minimum absolute atomic E-state index is 0.124. The Hall–Kier alpha value is -2.64. The molecule has 0 heterocycles. The van der Waals surface area contributed by atoms with Gasteiger partial charge >= 0.3 is 0 Å². The van der Waals surface area contributed by atoms with Crippen molar-refractivity contribution in [2.24, 2.45) is 5.41 Å². The Labute approximate surface area is 186 Å². The van der Waals surface area contributed by atoms with Crippen LogP contribution >= 0.6 is 0 Å². The van der Waals surface area contributed by atoms with Gasteiger partial charge in [0.2, 0.25) is 0 Å². The van der Waals surface area contributed by atoms with Crippen LogP contribution in [0.15, 0.2) is 72.6 Å². The zero-order valence-corrected chi connectivity index (χ0v) is 17.5. The third-order valence-electron chi connectivity index (χ3n) is 5.32. The summed E-state index contributed by atoms with van der Waals surface area (Å²) < 4.78 is 35.6. The number of hydrogen-bond acceptors (Lipinski definition) is 7. The summed E-state index contributed by atoms with van der Waals surface area (Å²) in [6.07, 6.45) is -4.26. The van der Waals surface area contributed by atoms with Crippen LogP contribution in [0.4, 0.5) is 4.39 Å². The molecule has 0 saturated heterocycles. The van der Waals surface area contributed by atoms with Crippen LogP contribution in [0.1, 0.15) is 11.1 Å². The number of rotatable bonds is 11. The summed E-state index contributed by atoms with van der Waals surface area (Å²) in [6, 6.07) is 20.8. The van der Waals surface area contributed by atoms with Crippen LogP contribution in [0, 0.1) is 16.7 Å². The molecule has 2 aromatic carbocycles. The van der Waals surface area contributed by atoms with Crippen LogP contribution in [-0.2, 0) is 32.2 Å². The summed E-state index contributed by atoms with van der Waals surface area (Å²) in [5.41, 5.74) is -0.180. The fraction of sp³-hybridized carbons (Fsp3) is 0.375. The van der Waals surface area contributed by atoms with Crippen molar-refractivity contribution in [1.29, 1.82) is 5.26 Å². The highest BCUT2D eigenvalue weighted by Crippen LogP contribution is 2.45. The van der Waals surface area contributed by atoms with E-state index in [9.17, 15) is 19.9 Å². The van der Waals surface area contributed by atoms with E-state index >= 15 is 0 Å². The van der Waals surface area contributed by atoms with Gasteiger partial charge in [0, 0.05) is 5.57 Å². The lowest BCUT2D eigenvalue weighted by Crippen LogP contribution is -2.42. The van der Waals surface area contributed by atoms with Gasteiger partial charge in [-0.25, -0.2) is 4.39 Å². The van der Waals surface area contributed by atoms with E-state index in [1.54, 1.807) is 0 Å². The molecule has 0 bridgehead atoms. The summed E-state index contributed by atoms with van der Waals surface area (Å²) in [6.45, 7) is -0.226. The van der Waals surface area contributed by atoms with Crippen LogP contribution in [0.3, 0.4) is 0 Å². The average Bonchev–Trinajstić information content (AvgIpc) is 3.03. The van der Waals surface area contributed by atoms with E-state index in [1.165, 1.54) is 0 Å². The van der Waals surface area contributed by atoms with Crippen molar-refractivity contribution in [1.82, 2.24) is 0 Å². The SMILES string of the molecule is N#C[C@]1(COCOCc2ccccc2)/C(=C/F)[C@H](O)[C@H](O)[C@@H]1OCOCc1ccccc1. The third-order valence-corrected chi connectivity index (χ3v) is 5.32. The zero-order valence-electron chi connectivity index (χ0n) is 17.5. The smallest absolute Gasteiger partial charge is 0.147 e. The Morgan fingerprint density at radius 3 is 2.00 bits per heavy atom. The Morgan fingerprint density at radius 2 is 1.47 bits per heavy atom. The highest BCUT2D eigenvalue weighted by atomic mass is 19.1. The lowest BCUT2D eigenvalue weighted by Gasteiger charge is -2.29. The fourth-order valence-electron chi connectivity index (χ4n) is 3.65. The first-order valence-electron chi connectivity index (χ1n) is 10.1. The van der Waals surface area contributed by atoms with Crippen molar-refractivity contribution in [2.45, 2.75) is 31.5 Å². The topological polar surface area (TPSA) is 101 Å². The van der Waals surface area contributed by atoms with Crippen LogP contribution in [-0.4, -0.2) is 48.7 Å². The van der Waals surface area contributed by atoms with E-state index in [1.807, 2.05) is 66.7 Å². The van der Waals surface area contributed by atoms with Gasteiger partial charge in [0.25, 0.3) is 0 Å². The molecule has 0 unspecified atom stereocenters. The predicted octanol–water partition coefficient (Wildman–Crippen LogP) is 2.84. The van der Waals surface area contributed by atoms with Gasteiger partial charge in [0.1, 0.15) is 37.3 Å². The molecule has 0 amide bonds. The van der Waals surface area contributed by atoms with E-state index < -0.39 is 23.7 Å². The van der Waals surface area contributed by atoms with E-state index in [0.717, 1.165) is 11.1 Å². The summed E-state index contributed by atoms with van der Waals surface area (Å²) in [7, 11) is 0. The molecule has 1 aliphatic rings. The molecule has 0 aliphatic heterocycles. The quantitative estimate of drug-likeness (QED) is 0.407. The molecule has 0 aromatic heterocycles. The summed E-state index contributed by atoms with van der Waals surface area (Å²) in [5.74, 6) is 0. The molecule has 0 radical (unpaired) electrons. The number of benzene rings is 2. The maximum Gasteiger partial charge on any atom is 0.147 e. The Kier molecular flexibility index (Phi) is 8.88. The van der Waals surface area contributed by atoms with Crippen molar-refractivity contribution >= 4 is 0 Å². The maximum atomic E-state index is 13.6. The highest BCUT2D eigenvalue weighted by Gasteiger charge is 2.59. The molecule has 32 heavy (non-hydrogen) atoms. The molecular weight excluding hydrogens is 417 g/mol. The molecule has 170 valence electrons. The molecule has 1 fully saturated rings. The number of hydrogen-bond donors (Lipinski definition) is 2. The van der Waals surface area contributed by atoms with Gasteiger partial charge in [-0.2, -0.15) is 5.26 Å². The van der Waals surface area contributed by atoms with Gasteiger partial charge in [-0.05, 0) is 11.1 Å². The van der Waals surface area contributed by atoms with Crippen LogP contribution < -0.4 is 0 Å². The van der Waals surface area contributed by atoms with Crippen LogP contribution in [0.2, 0.25) is 0 Å². The standard InChI is InChI=1S/C24H26FNO6/c25-11-20-21(27)22(28)23(32-17-30-13-19-9-5-2-6-10-19)24(20,14-26)15-31-16-29-12-18-7-3-1-4-8-18/h1-11,21-23,27-28H,12-13,15-17H2/b20-11+/t21-,22-,23-,24-/m0/s1. The second kappa shape index (κ2) is 11.8. The third kappa shape index (κ3) is 5.58. The molecule has 8 heteroatoms. The van der Waals surface area contributed by atoms with Crippen molar-refractivity contribution in [3.63, 3.8) is 0 Å². The van der Waals surface area contributed by atoms with Gasteiger partial charge in [-0.1, -0.05) is 60.7 Å². The van der Waals surface area contributed by atoms with Crippen molar-refractivity contribution in [3.8, 4) is 6.07 Å². The van der Waals surface area contributed by atoms with E-state index in [2.05, 4.69) is 0 Å². The summed E-state index contributed by atoms with van der Waals surface area (Å²) >= 11 is 0. The lowest BCUT2D eigenvalue weighted by molar-refractivity contribution is -0.162. The fourth-order valence-corrected chi connectivity index (χ4v) is 3.65. The van der Waals surface area contributed by atoms with Crippen molar-refractivity contribution in [2.75, 3.05) is 20.2 Å². The van der Waals surface area contributed by atoms with Gasteiger partial charge < -0.3 is 29.2 Å². The normalized spacial score (nSPS) is 26.3. The zero-order chi connectivity index (χ0) is 22.8. The van der Waals surface area contributed by atoms with Gasteiger partial charge in [-0.3, -0.25) is 0 Å². The number of halogens is 1. The Morgan fingerprint density at radius 1 is 0.906 bits per heavy atom. The number of nitriles is 1. The number of aliphatic hydroxyl groups is 2. The average molecular weight is 443 g/mol. The molecular formula is C24H26FNO6. The van der Waals surface area contributed by atoms with Crippen molar-refractivity contribution in [3.05, 3.63) is 83.7 Å². The molecule has 2 N–H and O–H groups in total. The Balaban J connectivity index is 1.58. The highest BCUT2D eigenvalue weighted by molar-refractivity contribution is 5.36. The first kappa shape index (κ1) is 24.0. The second-order valence-corrected chi connectivity index (χ2v) is 7.42. The Bertz CT molecular complexity index is 904. The molecule has 1 saturated carbocycles. The lowest BCUT2D eigenvalue weighted by atomic mass is 9.83. The van der Waals surface area contributed by atoms with Gasteiger partial charge in [0.05, 0.1) is 32.2 Å². The van der Waals surface area contributed by atoms with E-state index in [-0.39, 0.29) is 38.7 Å². The van der Waals surface area contributed by atoms with Gasteiger partial charge in [0.15, 0.2) is 0 Å². The second-order valence-electron chi connectivity index (χ2n) is 7.42. The summed E-state index contributed by atoms with van der Waals surface area (Å²) in [5, 5.41) is 30.6. The molecule has 2 aromatic rings. The van der Waals surface area contributed by atoms with E-state index in [0.29, 0.717) is 6.61 Å². The van der Waals surface area contributed by atoms with Gasteiger partial charge in [-0.15, -0.1) is 0 Å². The van der Waals surface area contributed by atoms with Crippen LogP contribution in [0.25, 0.3) is 0 Å². The number of nitrogens with zero attached hydrogens (tertiary/aromatic N) is 1. The molecule has 3 rings (SSSR count). The molecule has 1 aliphatic carbocycles. The summed E-state index contributed by atoms with van der Waals surface area (Å²) in [4.78, 5) is 0.